The Balaban J connectivity index is 1.20. The lowest BCUT2D eigenvalue weighted by Crippen LogP contribution is -2.03. The normalized spacial score (nSPS) is 12.9. The van der Waals surface area contributed by atoms with Crippen molar-refractivity contribution >= 4 is 49.2 Å². The van der Waals surface area contributed by atoms with E-state index in [1.54, 1.807) is 0 Å². The average molecular weight is 717 g/mol. The SMILES string of the molecule is C1=CC(c2nc(-c3cccc(-c4ccccc4)c3)cc(-c3cc(-n4c5ccccc5c5ccccc54)cc(-n4c5ccccc5c5ccccc54)c3)n2)=CCC1. The molecule has 4 heteroatoms. The minimum absolute atomic E-state index is 0.735. The van der Waals surface area contributed by atoms with Gasteiger partial charge in [-0.1, -0.05) is 140 Å². The zero-order valence-corrected chi connectivity index (χ0v) is 30.7. The number of para-hydroxylation sites is 4. The van der Waals surface area contributed by atoms with Gasteiger partial charge >= 0.3 is 0 Å². The van der Waals surface area contributed by atoms with E-state index < -0.39 is 0 Å². The van der Waals surface area contributed by atoms with Gasteiger partial charge in [-0.05, 0) is 78.6 Å². The molecular weight excluding hydrogens is 681 g/mol. The summed E-state index contributed by atoms with van der Waals surface area (Å²) < 4.78 is 4.81. The minimum Gasteiger partial charge on any atom is -0.309 e. The molecule has 0 saturated carbocycles. The van der Waals surface area contributed by atoms with Gasteiger partial charge in [0.2, 0.25) is 0 Å². The maximum absolute atomic E-state index is 5.38. The smallest absolute Gasteiger partial charge is 0.160 e. The van der Waals surface area contributed by atoms with Crippen molar-refractivity contribution in [1.82, 2.24) is 19.1 Å². The van der Waals surface area contributed by atoms with E-state index >= 15 is 0 Å². The second-order valence-electron chi connectivity index (χ2n) is 14.5. The van der Waals surface area contributed by atoms with Crippen LogP contribution >= 0.6 is 0 Å². The molecule has 1 aliphatic carbocycles. The van der Waals surface area contributed by atoms with Crippen LogP contribution in [0.25, 0.3) is 94.2 Å². The predicted molar refractivity (Wildman–Crippen MR) is 233 cm³/mol. The van der Waals surface area contributed by atoms with E-state index in [4.69, 9.17) is 9.97 Å². The van der Waals surface area contributed by atoms with E-state index in [1.807, 2.05) is 0 Å². The third-order valence-corrected chi connectivity index (χ3v) is 11.1. The first-order valence-corrected chi connectivity index (χ1v) is 19.3. The molecule has 0 spiro atoms. The van der Waals surface area contributed by atoms with Crippen molar-refractivity contribution in [2.24, 2.45) is 0 Å². The Bertz CT molecular complexity index is 2960. The Morgan fingerprint density at radius 1 is 0.375 bits per heavy atom. The van der Waals surface area contributed by atoms with Crippen molar-refractivity contribution in [1.29, 1.82) is 0 Å². The highest BCUT2D eigenvalue weighted by molar-refractivity contribution is 6.10. The highest BCUT2D eigenvalue weighted by Crippen LogP contribution is 2.38. The summed E-state index contributed by atoms with van der Waals surface area (Å²) in [5.74, 6) is 0.735. The van der Waals surface area contributed by atoms with Crippen LogP contribution < -0.4 is 0 Å². The van der Waals surface area contributed by atoms with Crippen LogP contribution in [0.15, 0.2) is 194 Å². The molecule has 11 rings (SSSR count). The summed E-state index contributed by atoms with van der Waals surface area (Å²) in [4.78, 5) is 10.6. The van der Waals surface area contributed by atoms with E-state index in [-0.39, 0.29) is 0 Å². The summed E-state index contributed by atoms with van der Waals surface area (Å²) >= 11 is 0. The van der Waals surface area contributed by atoms with Crippen molar-refractivity contribution < 1.29 is 0 Å². The van der Waals surface area contributed by atoms with Crippen LogP contribution in [0.5, 0.6) is 0 Å². The molecule has 3 aromatic heterocycles. The molecule has 0 bridgehead atoms. The third kappa shape index (κ3) is 5.38. The Morgan fingerprint density at radius 2 is 0.857 bits per heavy atom. The summed E-state index contributed by atoms with van der Waals surface area (Å²) in [5.41, 5.74) is 14.0. The van der Waals surface area contributed by atoms with Gasteiger partial charge < -0.3 is 9.13 Å². The average Bonchev–Trinajstić information content (AvgIpc) is 3.80. The van der Waals surface area contributed by atoms with Crippen molar-refractivity contribution in [2.75, 3.05) is 0 Å². The molecule has 264 valence electrons. The minimum atomic E-state index is 0.735. The zero-order valence-electron chi connectivity index (χ0n) is 30.7. The van der Waals surface area contributed by atoms with E-state index in [0.717, 1.165) is 63.7 Å². The second-order valence-corrected chi connectivity index (χ2v) is 14.5. The van der Waals surface area contributed by atoms with E-state index in [0.29, 0.717) is 0 Å². The van der Waals surface area contributed by atoms with E-state index in [1.165, 1.54) is 49.2 Å². The number of fused-ring (bicyclic) bond motifs is 6. The van der Waals surface area contributed by atoms with Crippen LogP contribution in [0.3, 0.4) is 0 Å². The molecule has 0 N–H and O–H groups in total. The van der Waals surface area contributed by atoms with Crippen molar-refractivity contribution in [3.63, 3.8) is 0 Å². The fraction of sp³-hybridized carbons (Fsp3) is 0.0385. The molecule has 7 aromatic carbocycles. The Kier molecular flexibility index (Phi) is 7.59. The number of hydrogen-bond acceptors (Lipinski definition) is 2. The Morgan fingerprint density at radius 3 is 1.39 bits per heavy atom. The predicted octanol–water partition coefficient (Wildman–Crippen LogP) is 13.4. The quantitative estimate of drug-likeness (QED) is 0.172. The number of nitrogens with zero attached hydrogens (tertiary/aromatic N) is 4. The molecule has 3 heterocycles. The zero-order chi connectivity index (χ0) is 37.0. The number of aromatic nitrogens is 4. The molecule has 0 unspecified atom stereocenters. The van der Waals surface area contributed by atoms with Gasteiger partial charge in [0.1, 0.15) is 0 Å². The molecule has 1 aliphatic rings. The van der Waals surface area contributed by atoms with Gasteiger partial charge in [0.05, 0.1) is 33.5 Å². The molecule has 0 saturated heterocycles. The standard InChI is InChI=1S/C52H36N4/c1-3-16-35(17-4-1)37-20-15-21-38(30-37)46-34-47(54-52(53-46)36-18-5-2-6-19-36)39-31-40(55-48-26-11-7-22-42(48)43-23-8-12-27-49(43)55)33-41(32-39)56-50-28-13-9-24-44(50)45-25-10-14-29-51(45)56/h1,3-5,7-34H,2,6H2. The summed E-state index contributed by atoms with van der Waals surface area (Å²) in [5, 5.41) is 4.92. The monoisotopic (exact) mass is 716 g/mol. The van der Waals surface area contributed by atoms with Crippen LogP contribution in [0.2, 0.25) is 0 Å². The van der Waals surface area contributed by atoms with E-state index in [2.05, 4.69) is 203 Å². The summed E-state index contributed by atoms with van der Waals surface area (Å²) in [7, 11) is 0. The van der Waals surface area contributed by atoms with Gasteiger partial charge in [-0.3, -0.25) is 0 Å². The molecule has 0 aliphatic heterocycles. The molecule has 0 fully saturated rings. The van der Waals surface area contributed by atoms with Crippen LogP contribution in [-0.2, 0) is 0 Å². The fourth-order valence-corrected chi connectivity index (χ4v) is 8.54. The summed E-state index contributed by atoms with van der Waals surface area (Å²) in [6, 6.07) is 63.2. The molecular formula is C52H36N4. The van der Waals surface area contributed by atoms with Gasteiger partial charge in [0, 0.05) is 49.6 Å². The first kappa shape index (κ1) is 32.2. The largest absolute Gasteiger partial charge is 0.309 e. The van der Waals surface area contributed by atoms with Crippen molar-refractivity contribution in [3.8, 4) is 45.0 Å². The first-order chi connectivity index (χ1) is 27.8. The van der Waals surface area contributed by atoms with Gasteiger partial charge in [0.25, 0.3) is 0 Å². The first-order valence-electron chi connectivity index (χ1n) is 19.3. The maximum atomic E-state index is 5.38. The summed E-state index contributed by atoms with van der Waals surface area (Å²) in [6.07, 6.45) is 8.66. The molecule has 56 heavy (non-hydrogen) atoms. The lowest BCUT2D eigenvalue weighted by molar-refractivity contribution is 1.03. The summed E-state index contributed by atoms with van der Waals surface area (Å²) in [6.45, 7) is 0. The number of rotatable bonds is 6. The molecule has 0 amide bonds. The maximum Gasteiger partial charge on any atom is 0.160 e. The van der Waals surface area contributed by atoms with Crippen LogP contribution in [0.1, 0.15) is 18.7 Å². The Hall–Kier alpha value is -7.30. The van der Waals surface area contributed by atoms with Crippen molar-refractivity contribution in [2.45, 2.75) is 12.8 Å². The lowest BCUT2D eigenvalue weighted by Gasteiger charge is -2.17. The highest BCUT2D eigenvalue weighted by Gasteiger charge is 2.19. The Labute approximate surface area is 325 Å². The molecule has 10 aromatic rings. The van der Waals surface area contributed by atoms with Gasteiger partial charge in [-0.15, -0.1) is 0 Å². The highest BCUT2D eigenvalue weighted by atomic mass is 15.0. The van der Waals surface area contributed by atoms with Gasteiger partial charge in [-0.25, -0.2) is 9.97 Å². The molecule has 0 radical (unpaired) electrons. The number of allylic oxidation sites excluding steroid dienone is 4. The molecule has 4 nitrogen and oxygen atoms in total. The second kappa shape index (κ2) is 13.2. The fourth-order valence-electron chi connectivity index (χ4n) is 8.54. The number of benzene rings is 7. The number of hydrogen-bond donors (Lipinski definition) is 0. The van der Waals surface area contributed by atoms with Crippen LogP contribution in [-0.4, -0.2) is 19.1 Å². The van der Waals surface area contributed by atoms with Crippen LogP contribution in [0, 0.1) is 0 Å². The van der Waals surface area contributed by atoms with Gasteiger partial charge in [-0.2, -0.15) is 0 Å². The van der Waals surface area contributed by atoms with E-state index in [9.17, 15) is 0 Å². The van der Waals surface area contributed by atoms with Crippen molar-refractivity contribution in [3.05, 3.63) is 200 Å². The third-order valence-electron chi connectivity index (χ3n) is 11.1. The lowest BCUT2D eigenvalue weighted by atomic mass is 10.00. The van der Waals surface area contributed by atoms with Crippen LogP contribution in [0.4, 0.5) is 0 Å². The van der Waals surface area contributed by atoms with Gasteiger partial charge in [0.15, 0.2) is 5.82 Å². The topological polar surface area (TPSA) is 35.6 Å². The molecule has 0 atom stereocenters.